The van der Waals surface area contributed by atoms with Gasteiger partial charge in [-0.1, -0.05) is 0 Å². The summed E-state index contributed by atoms with van der Waals surface area (Å²) in [5.41, 5.74) is 0.790. The first-order chi connectivity index (χ1) is 9.90. The molecular formula is C13H10N2O5S. The Kier molecular flexibility index (Phi) is 3.99. The summed E-state index contributed by atoms with van der Waals surface area (Å²) in [5, 5.41) is 23.7. The summed E-state index contributed by atoms with van der Waals surface area (Å²) in [6.07, 6.45) is 0. The minimum absolute atomic E-state index is 0.0305. The van der Waals surface area contributed by atoms with Crippen LogP contribution in [0.5, 0.6) is 0 Å². The van der Waals surface area contributed by atoms with Gasteiger partial charge in [-0.05, 0) is 30.0 Å². The van der Waals surface area contributed by atoms with E-state index in [1.54, 1.807) is 12.3 Å². The standard InChI is InChI=1S/C13H10N2O5S/c1-7-6-8(15(19)20)2-3-9(7)12(16)14-10-4-5-21-11(10)13(17)18/h2-6H,1H3,(H,14,16)(H,17,18). The largest absolute Gasteiger partial charge is 0.477 e. The van der Waals surface area contributed by atoms with E-state index in [1.807, 2.05) is 0 Å². The molecule has 2 aromatic rings. The van der Waals surface area contributed by atoms with Crippen molar-refractivity contribution in [3.05, 3.63) is 55.8 Å². The molecule has 0 saturated carbocycles. The fraction of sp³-hybridized carbons (Fsp3) is 0.0769. The molecule has 0 bridgehead atoms. The molecule has 7 nitrogen and oxygen atoms in total. The van der Waals surface area contributed by atoms with E-state index in [0.717, 1.165) is 11.3 Å². The Balaban J connectivity index is 2.27. The minimum atomic E-state index is -1.12. The smallest absolute Gasteiger partial charge is 0.348 e. The maximum atomic E-state index is 12.1. The van der Waals surface area contributed by atoms with Gasteiger partial charge in [0.2, 0.25) is 0 Å². The van der Waals surface area contributed by atoms with Gasteiger partial charge in [0.05, 0.1) is 10.6 Å². The lowest BCUT2D eigenvalue weighted by Gasteiger charge is -2.07. The van der Waals surface area contributed by atoms with Gasteiger partial charge >= 0.3 is 5.97 Å². The number of aromatic carboxylic acids is 1. The van der Waals surface area contributed by atoms with Crippen molar-refractivity contribution in [2.75, 3.05) is 5.32 Å². The van der Waals surface area contributed by atoms with Crippen LogP contribution in [-0.4, -0.2) is 21.9 Å². The van der Waals surface area contributed by atoms with Crippen LogP contribution in [-0.2, 0) is 0 Å². The normalized spacial score (nSPS) is 10.1. The highest BCUT2D eigenvalue weighted by Gasteiger charge is 2.17. The van der Waals surface area contributed by atoms with Crippen molar-refractivity contribution >= 4 is 34.6 Å². The summed E-state index contributed by atoms with van der Waals surface area (Å²) in [7, 11) is 0. The summed E-state index contributed by atoms with van der Waals surface area (Å²) in [4.78, 5) is 33.2. The van der Waals surface area contributed by atoms with Crippen LogP contribution in [0, 0.1) is 17.0 Å². The summed E-state index contributed by atoms with van der Waals surface area (Å²) < 4.78 is 0. The monoisotopic (exact) mass is 306 g/mol. The van der Waals surface area contributed by atoms with E-state index in [1.165, 1.54) is 24.3 Å². The molecule has 0 aliphatic carbocycles. The van der Waals surface area contributed by atoms with Crippen molar-refractivity contribution in [2.24, 2.45) is 0 Å². The van der Waals surface area contributed by atoms with Crippen LogP contribution < -0.4 is 5.32 Å². The van der Waals surface area contributed by atoms with Crippen LogP contribution in [0.1, 0.15) is 25.6 Å². The van der Waals surface area contributed by atoms with E-state index in [4.69, 9.17) is 5.11 Å². The molecule has 0 aliphatic rings. The number of carboxylic acid groups (broad SMARTS) is 1. The molecule has 2 rings (SSSR count). The second kappa shape index (κ2) is 5.71. The molecule has 1 aromatic heterocycles. The van der Waals surface area contributed by atoms with Gasteiger partial charge in [-0.3, -0.25) is 14.9 Å². The van der Waals surface area contributed by atoms with Crippen molar-refractivity contribution in [1.82, 2.24) is 0 Å². The van der Waals surface area contributed by atoms with E-state index in [2.05, 4.69) is 5.32 Å². The van der Waals surface area contributed by atoms with Crippen LogP contribution in [0.25, 0.3) is 0 Å². The van der Waals surface area contributed by atoms with Crippen LogP contribution in [0.15, 0.2) is 29.6 Å². The van der Waals surface area contributed by atoms with E-state index < -0.39 is 16.8 Å². The molecule has 108 valence electrons. The van der Waals surface area contributed by atoms with Crippen LogP contribution in [0.4, 0.5) is 11.4 Å². The van der Waals surface area contributed by atoms with Gasteiger partial charge in [0, 0.05) is 17.7 Å². The van der Waals surface area contributed by atoms with Gasteiger partial charge in [-0.2, -0.15) is 0 Å². The maximum Gasteiger partial charge on any atom is 0.348 e. The first kappa shape index (κ1) is 14.7. The topological polar surface area (TPSA) is 110 Å². The molecule has 1 aromatic carbocycles. The molecule has 0 spiro atoms. The molecule has 8 heteroatoms. The first-order valence-electron chi connectivity index (χ1n) is 5.77. The number of nitro benzene ring substituents is 1. The Morgan fingerprint density at radius 1 is 1.33 bits per heavy atom. The predicted octanol–water partition coefficient (Wildman–Crippen LogP) is 2.92. The Morgan fingerprint density at radius 2 is 2.05 bits per heavy atom. The zero-order valence-electron chi connectivity index (χ0n) is 10.8. The molecule has 0 saturated heterocycles. The minimum Gasteiger partial charge on any atom is -0.477 e. The Morgan fingerprint density at radius 3 is 2.62 bits per heavy atom. The lowest BCUT2D eigenvalue weighted by Crippen LogP contribution is -2.14. The lowest BCUT2D eigenvalue weighted by atomic mass is 10.1. The molecule has 2 N–H and O–H groups in total. The number of non-ortho nitro benzene ring substituents is 1. The number of nitrogens with one attached hydrogen (secondary N) is 1. The summed E-state index contributed by atoms with van der Waals surface area (Å²) in [6, 6.07) is 5.36. The Bertz CT molecular complexity index is 738. The number of amides is 1. The fourth-order valence-corrected chi connectivity index (χ4v) is 2.47. The Hall–Kier alpha value is -2.74. The second-order valence-electron chi connectivity index (χ2n) is 4.18. The molecule has 0 fully saturated rings. The number of nitro groups is 1. The number of carbonyl (C=O) groups excluding carboxylic acids is 1. The van der Waals surface area contributed by atoms with Crippen molar-refractivity contribution < 1.29 is 19.6 Å². The van der Waals surface area contributed by atoms with Gasteiger partial charge in [-0.15, -0.1) is 11.3 Å². The number of nitrogens with zero attached hydrogens (tertiary/aromatic N) is 1. The van der Waals surface area contributed by atoms with Crippen LogP contribution in [0.2, 0.25) is 0 Å². The number of anilines is 1. The lowest BCUT2D eigenvalue weighted by molar-refractivity contribution is -0.384. The summed E-state index contributed by atoms with van der Waals surface area (Å²) >= 11 is 1.00. The third-order valence-corrected chi connectivity index (χ3v) is 3.68. The van der Waals surface area contributed by atoms with Gasteiger partial charge in [-0.25, -0.2) is 4.79 Å². The molecule has 0 atom stereocenters. The molecular weight excluding hydrogens is 296 g/mol. The maximum absolute atomic E-state index is 12.1. The van der Waals surface area contributed by atoms with Crippen molar-refractivity contribution in [3.8, 4) is 0 Å². The summed E-state index contributed by atoms with van der Waals surface area (Å²) in [6.45, 7) is 1.58. The number of aryl methyl sites for hydroxylation is 1. The first-order valence-corrected chi connectivity index (χ1v) is 6.65. The van der Waals surface area contributed by atoms with Crippen molar-refractivity contribution in [3.63, 3.8) is 0 Å². The third kappa shape index (κ3) is 3.06. The zero-order valence-corrected chi connectivity index (χ0v) is 11.6. The molecule has 0 radical (unpaired) electrons. The van der Waals surface area contributed by atoms with Gasteiger partial charge in [0.1, 0.15) is 4.88 Å². The zero-order chi connectivity index (χ0) is 15.6. The number of carbonyl (C=O) groups is 2. The van der Waals surface area contributed by atoms with Gasteiger partial charge in [0.15, 0.2) is 0 Å². The van der Waals surface area contributed by atoms with E-state index >= 15 is 0 Å². The molecule has 21 heavy (non-hydrogen) atoms. The number of benzene rings is 1. The molecule has 0 aliphatic heterocycles. The number of thiophene rings is 1. The third-order valence-electron chi connectivity index (χ3n) is 2.77. The summed E-state index contributed by atoms with van der Waals surface area (Å²) in [5.74, 6) is -1.64. The van der Waals surface area contributed by atoms with Gasteiger partial charge < -0.3 is 10.4 Å². The highest BCUT2D eigenvalue weighted by molar-refractivity contribution is 7.12. The van der Waals surface area contributed by atoms with E-state index in [9.17, 15) is 19.7 Å². The average Bonchev–Trinajstić information content (AvgIpc) is 2.86. The predicted molar refractivity (Wildman–Crippen MR) is 77.1 cm³/mol. The Labute approximate surface area is 123 Å². The number of carboxylic acids is 1. The quantitative estimate of drug-likeness (QED) is 0.666. The highest BCUT2D eigenvalue weighted by Crippen LogP contribution is 2.24. The van der Waals surface area contributed by atoms with Crippen LogP contribution in [0.3, 0.4) is 0 Å². The number of hydrogen-bond donors (Lipinski definition) is 2. The molecule has 1 amide bonds. The van der Waals surface area contributed by atoms with E-state index in [0.29, 0.717) is 5.56 Å². The molecule has 1 heterocycles. The van der Waals surface area contributed by atoms with Crippen LogP contribution >= 0.6 is 11.3 Å². The average molecular weight is 306 g/mol. The van der Waals surface area contributed by atoms with Crippen molar-refractivity contribution in [2.45, 2.75) is 6.92 Å². The number of hydrogen-bond acceptors (Lipinski definition) is 5. The second-order valence-corrected chi connectivity index (χ2v) is 5.10. The van der Waals surface area contributed by atoms with Crippen molar-refractivity contribution in [1.29, 1.82) is 0 Å². The highest BCUT2D eigenvalue weighted by atomic mass is 32.1. The van der Waals surface area contributed by atoms with Gasteiger partial charge in [0.25, 0.3) is 11.6 Å². The fourth-order valence-electron chi connectivity index (χ4n) is 1.78. The number of rotatable bonds is 4. The van der Waals surface area contributed by atoms with E-state index in [-0.39, 0.29) is 21.8 Å². The molecule has 0 unspecified atom stereocenters. The SMILES string of the molecule is Cc1cc([N+](=O)[O-])ccc1C(=O)Nc1ccsc1C(=O)O.